The summed E-state index contributed by atoms with van der Waals surface area (Å²) in [4.78, 5) is 23.6. The SMILES string of the molecule is CCCCCCCCCCOC(=O)CC(N)C(=O)OCCCCCCCCCC.Cc1ccccc1S(=O)(=O)O. The lowest BCUT2D eigenvalue weighted by atomic mass is 10.1. The van der Waals surface area contributed by atoms with E-state index in [0.29, 0.717) is 18.8 Å². The highest BCUT2D eigenvalue weighted by Gasteiger charge is 2.19. The Balaban J connectivity index is 0.00000114. The molecule has 8 nitrogen and oxygen atoms in total. The van der Waals surface area contributed by atoms with Crippen LogP contribution in [-0.4, -0.2) is 44.2 Å². The molecule has 0 saturated carbocycles. The second-order valence-electron chi connectivity index (χ2n) is 10.4. The van der Waals surface area contributed by atoms with Gasteiger partial charge in [0.25, 0.3) is 10.1 Å². The lowest BCUT2D eigenvalue weighted by Gasteiger charge is -2.11. The number of ether oxygens (including phenoxy) is 2. The van der Waals surface area contributed by atoms with Crippen molar-refractivity contribution in [2.45, 2.75) is 141 Å². The van der Waals surface area contributed by atoms with Crippen molar-refractivity contribution >= 4 is 22.1 Å². The van der Waals surface area contributed by atoms with E-state index in [-0.39, 0.29) is 11.3 Å². The molecule has 1 atom stereocenters. The molecular formula is C31H55NO7S. The van der Waals surface area contributed by atoms with Crippen LogP contribution in [0.4, 0.5) is 0 Å². The highest BCUT2D eigenvalue weighted by molar-refractivity contribution is 7.85. The van der Waals surface area contributed by atoms with Gasteiger partial charge < -0.3 is 15.2 Å². The Morgan fingerprint density at radius 1 is 0.750 bits per heavy atom. The molecule has 9 heteroatoms. The zero-order valence-corrected chi connectivity index (χ0v) is 26.0. The van der Waals surface area contributed by atoms with Crippen LogP contribution in [0.2, 0.25) is 0 Å². The third-order valence-electron chi connectivity index (χ3n) is 6.56. The Morgan fingerprint density at radius 3 is 1.60 bits per heavy atom. The van der Waals surface area contributed by atoms with Crippen LogP contribution < -0.4 is 5.73 Å². The second kappa shape index (κ2) is 24.8. The maximum atomic E-state index is 11.9. The van der Waals surface area contributed by atoms with E-state index in [0.717, 1.165) is 25.7 Å². The Morgan fingerprint density at radius 2 is 1.18 bits per heavy atom. The molecule has 3 N–H and O–H groups in total. The van der Waals surface area contributed by atoms with Gasteiger partial charge in [-0.15, -0.1) is 0 Å². The molecule has 0 amide bonds. The molecule has 0 saturated heterocycles. The number of carbonyl (C=O) groups is 2. The standard InChI is InChI=1S/C24H47NO4.C7H8O3S/c1-3-5-7-9-11-13-15-17-19-28-23(26)21-22(25)24(27)29-20-18-16-14-12-10-8-6-4-2;1-6-4-2-3-5-7(6)11(8,9)10/h22H,3-21,25H2,1-2H3;2-5H,1H3,(H,8,9,10). The first-order valence-corrected chi connectivity index (χ1v) is 16.7. The number of rotatable bonds is 22. The molecule has 0 aliphatic heterocycles. The lowest BCUT2D eigenvalue weighted by molar-refractivity contribution is -0.152. The second-order valence-corrected chi connectivity index (χ2v) is 11.8. The summed E-state index contributed by atoms with van der Waals surface area (Å²) in [6.07, 6.45) is 19.0. The van der Waals surface area contributed by atoms with E-state index < -0.39 is 28.1 Å². The van der Waals surface area contributed by atoms with Crippen molar-refractivity contribution in [3.05, 3.63) is 29.8 Å². The predicted molar refractivity (Wildman–Crippen MR) is 161 cm³/mol. The molecule has 1 aromatic rings. The molecule has 40 heavy (non-hydrogen) atoms. The van der Waals surface area contributed by atoms with E-state index in [1.165, 1.54) is 83.1 Å². The topological polar surface area (TPSA) is 133 Å². The molecule has 0 fully saturated rings. The summed E-state index contributed by atoms with van der Waals surface area (Å²) in [6.45, 7) is 6.86. The van der Waals surface area contributed by atoms with Gasteiger partial charge >= 0.3 is 11.9 Å². The molecule has 0 spiro atoms. The summed E-state index contributed by atoms with van der Waals surface area (Å²) < 4.78 is 40.2. The van der Waals surface area contributed by atoms with E-state index in [4.69, 9.17) is 19.8 Å². The molecule has 0 aliphatic rings. The Bertz CT molecular complexity index is 889. The number of nitrogens with two attached hydrogens (primary N) is 1. The van der Waals surface area contributed by atoms with Crippen LogP contribution in [-0.2, 0) is 29.2 Å². The molecule has 232 valence electrons. The van der Waals surface area contributed by atoms with Crippen LogP contribution in [0.3, 0.4) is 0 Å². The summed E-state index contributed by atoms with van der Waals surface area (Å²) in [7, 11) is -4.03. The molecule has 1 aromatic carbocycles. The molecule has 0 radical (unpaired) electrons. The van der Waals surface area contributed by atoms with Crippen molar-refractivity contribution in [1.82, 2.24) is 0 Å². The van der Waals surface area contributed by atoms with Gasteiger partial charge in [-0.05, 0) is 31.4 Å². The number of unbranched alkanes of at least 4 members (excludes halogenated alkanes) is 14. The monoisotopic (exact) mass is 585 g/mol. The van der Waals surface area contributed by atoms with Gasteiger partial charge in [0.2, 0.25) is 0 Å². The van der Waals surface area contributed by atoms with Gasteiger partial charge in [0, 0.05) is 0 Å². The minimum absolute atomic E-state index is 0.0278. The van der Waals surface area contributed by atoms with E-state index >= 15 is 0 Å². The quantitative estimate of drug-likeness (QED) is 0.0822. The zero-order chi connectivity index (χ0) is 30.1. The summed E-state index contributed by atoms with van der Waals surface area (Å²) in [5, 5.41) is 0. The third kappa shape index (κ3) is 21.8. The number of carbonyl (C=O) groups excluding carboxylic acids is 2. The summed E-state index contributed by atoms with van der Waals surface area (Å²) in [5.41, 5.74) is 6.31. The van der Waals surface area contributed by atoms with E-state index in [2.05, 4.69) is 13.8 Å². The number of hydrogen-bond donors (Lipinski definition) is 2. The van der Waals surface area contributed by atoms with Gasteiger partial charge in [-0.1, -0.05) is 122 Å². The maximum Gasteiger partial charge on any atom is 0.323 e. The lowest BCUT2D eigenvalue weighted by Crippen LogP contribution is -2.35. The van der Waals surface area contributed by atoms with Gasteiger partial charge in [-0.3, -0.25) is 14.1 Å². The first kappa shape index (κ1) is 38.0. The average Bonchev–Trinajstić information content (AvgIpc) is 2.91. The molecule has 1 rings (SSSR count). The highest BCUT2D eigenvalue weighted by Crippen LogP contribution is 2.13. The summed E-state index contributed by atoms with van der Waals surface area (Å²) in [6, 6.07) is 5.35. The van der Waals surface area contributed by atoms with Crippen molar-refractivity contribution < 1.29 is 32.0 Å². The van der Waals surface area contributed by atoms with Crippen molar-refractivity contribution in [2.24, 2.45) is 5.73 Å². The van der Waals surface area contributed by atoms with Crippen LogP contribution in [0.5, 0.6) is 0 Å². The van der Waals surface area contributed by atoms with Gasteiger partial charge in [0.1, 0.15) is 6.04 Å². The normalized spacial score (nSPS) is 11.8. The Labute approximate surface area is 243 Å². The van der Waals surface area contributed by atoms with Gasteiger partial charge in [0.05, 0.1) is 24.5 Å². The minimum atomic E-state index is -4.03. The summed E-state index contributed by atoms with van der Waals surface area (Å²) in [5.74, 6) is -0.915. The number of esters is 2. The van der Waals surface area contributed by atoms with Crippen molar-refractivity contribution in [3.8, 4) is 0 Å². The zero-order valence-electron chi connectivity index (χ0n) is 25.2. The smallest absolute Gasteiger partial charge is 0.323 e. The van der Waals surface area contributed by atoms with Crippen molar-refractivity contribution in [1.29, 1.82) is 0 Å². The Hall–Kier alpha value is -1.97. The molecule has 0 heterocycles. The fraction of sp³-hybridized carbons (Fsp3) is 0.742. The highest BCUT2D eigenvalue weighted by atomic mass is 32.2. The van der Waals surface area contributed by atoms with Gasteiger partial charge in [-0.2, -0.15) is 8.42 Å². The van der Waals surface area contributed by atoms with Crippen LogP contribution in [0.15, 0.2) is 29.2 Å². The Kier molecular flexibility index (Phi) is 23.6. The van der Waals surface area contributed by atoms with E-state index in [1.807, 2.05) is 0 Å². The molecular weight excluding hydrogens is 530 g/mol. The van der Waals surface area contributed by atoms with Gasteiger partial charge in [0.15, 0.2) is 0 Å². The van der Waals surface area contributed by atoms with Crippen molar-refractivity contribution in [3.63, 3.8) is 0 Å². The van der Waals surface area contributed by atoms with Crippen molar-refractivity contribution in [2.75, 3.05) is 13.2 Å². The van der Waals surface area contributed by atoms with Gasteiger partial charge in [-0.25, -0.2) is 0 Å². The molecule has 0 bridgehead atoms. The number of aryl methyl sites for hydroxylation is 1. The van der Waals surface area contributed by atoms with Crippen LogP contribution in [0.1, 0.15) is 129 Å². The molecule has 0 aliphatic carbocycles. The molecule has 0 aromatic heterocycles. The third-order valence-corrected chi connectivity index (χ3v) is 7.58. The largest absolute Gasteiger partial charge is 0.466 e. The maximum absolute atomic E-state index is 11.9. The first-order valence-electron chi connectivity index (χ1n) is 15.2. The first-order chi connectivity index (χ1) is 19.1. The fourth-order valence-corrected chi connectivity index (χ4v) is 4.83. The molecule has 1 unspecified atom stereocenters. The summed E-state index contributed by atoms with van der Waals surface area (Å²) >= 11 is 0. The van der Waals surface area contributed by atoms with Crippen LogP contribution in [0, 0.1) is 6.92 Å². The van der Waals surface area contributed by atoms with Crippen LogP contribution >= 0.6 is 0 Å². The fourth-order valence-electron chi connectivity index (χ4n) is 4.11. The minimum Gasteiger partial charge on any atom is -0.466 e. The van der Waals surface area contributed by atoms with E-state index in [9.17, 15) is 18.0 Å². The average molecular weight is 586 g/mol. The van der Waals surface area contributed by atoms with Crippen LogP contribution in [0.25, 0.3) is 0 Å². The predicted octanol–water partition coefficient (Wildman–Crippen LogP) is 7.31. The number of hydrogen-bond acceptors (Lipinski definition) is 7. The number of benzene rings is 1. The van der Waals surface area contributed by atoms with E-state index in [1.54, 1.807) is 25.1 Å².